The number of ether oxygens (including phenoxy) is 1. The molecule has 0 radical (unpaired) electrons. The maximum Gasteiger partial charge on any atom is 0.261 e. The number of nitrogens with zero attached hydrogens (tertiary/aromatic N) is 1. The average Bonchev–Trinajstić information content (AvgIpc) is 2.72. The molecule has 8 heteroatoms. The summed E-state index contributed by atoms with van der Waals surface area (Å²) in [6, 6.07) is 11.8. The van der Waals surface area contributed by atoms with Crippen LogP contribution in [0.1, 0.15) is 32.8 Å². The summed E-state index contributed by atoms with van der Waals surface area (Å²) in [5.74, 6) is 0.0494. The zero-order chi connectivity index (χ0) is 22.3. The van der Waals surface area contributed by atoms with Crippen molar-refractivity contribution >= 4 is 57.6 Å². The van der Waals surface area contributed by atoms with Gasteiger partial charge in [-0.15, -0.1) is 0 Å². The molecular weight excluding hydrogens is 538 g/mol. The first kappa shape index (κ1) is 24.8. The summed E-state index contributed by atoms with van der Waals surface area (Å²) in [6.45, 7) is 5.59. The molecule has 5 nitrogen and oxygen atoms in total. The largest absolute Gasteiger partial charge is 0.484 e. The Balaban J connectivity index is 2.18. The maximum atomic E-state index is 13.0. The number of rotatable bonds is 9. The van der Waals surface area contributed by atoms with E-state index in [1.807, 2.05) is 26.0 Å². The lowest BCUT2D eigenvalue weighted by molar-refractivity contribution is -0.142. The summed E-state index contributed by atoms with van der Waals surface area (Å²) < 4.78 is 6.71. The van der Waals surface area contributed by atoms with E-state index in [1.54, 1.807) is 37.3 Å². The van der Waals surface area contributed by atoms with Gasteiger partial charge in [0, 0.05) is 26.2 Å². The number of benzene rings is 2. The van der Waals surface area contributed by atoms with Crippen LogP contribution in [0.25, 0.3) is 0 Å². The van der Waals surface area contributed by atoms with E-state index in [-0.39, 0.29) is 31.0 Å². The van der Waals surface area contributed by atoms with Crippen LogP contribution in [0.3, 0.4) is 0 Å². The van der Waals surface area contributed by atoms with Crippen LogP contribution in [0.15, 0.2) is 42.5 Å². The van der Waals surface area contributed by atoms with Gasteiger partial charge in [0.25, 0.3) is 5.91 Å². The molecule has 0 aliphatic rings. The lowest BCUT2D eigenvalue weighted by Crippen LogP contribution is -2.50. The van der Waals surface area contributed by atoms with Crippen molar-refractivity contribution < 1.29 is 14.3 Å². The minimum atomic E-state index is -0.696. The molecule has 162 valence electrons. The van der Waals surface area contributed by atoms with Crippen molar-refractivity contribution in [3.05, 3.63) is 61.6 Å². The van der Waals surface area contributed by atoms with Crippen LogP contribution in [0.4, 0.5) is 0 Å². The van der Waals surface area contributed by atoms with E-state index in [2.05, 4.69) is 27.9 Å². The second-order valence-electron chi connectivity index (χ2n) is 6.99. The van der Waals surface area contributed by atoms with E-state index in [0.29, 0.717) is 21.4 Å². The number of amides is 2. The van der Waals surface area contributed by atoms with Gasteiger partial charge in [-0.05, 0) is 84.8 Å². The SMILES string of the molecule is CC[C@H](C)NC(=O)[C@@H](C)N(Cc1ccc(Cl)cc1Cl)C(=O)COc1ccc(I)cc1. The van der Waals surface area contributed by atoms with Crippen LogP contribution in [0, 0.1) is 3.57 Å². The molecule has 0 heterocycles. The van der Waals surface area contributed by atoms with E-state index < -0.39 is 6.04 Å². The third kappa shape index (κ3) is 7.32. The molecule has 0 bridgehead atoms. The van der Waals surface area contributed by atoms with Crippen molar-refractivity contribution in [3.8, 4) is 5.75 Å². The molecule has 2 amide bonds. The second kappa shape index (κ2) is 11.8. The molecule has 0 spiro atoms. The Morgan fingerprint density at radius 1 is 1.13 bits per heavy atom. The monoisotopic (exact) mass is 562 g/mol. The molecular formula is C22H25Cl2IN2O3. The predicted octanol–water partition coefficient (Wildman–Crippen LogP) is 5.31. The van der Waals surface area contributed by atoms with Gasteiger partial charge in [0.1, 0.15) is 11.8 Å². The number of carbonyl (C=O) groups excluding carboxylic acids is 2. The molecule has 2 aromatic rings. The number of nitrogens with one attached hydrogen (secondary N) is 1. The topological polar surface area (TPSA) is 58.6 Å². The Bertz CT molecular complexity index is 877. The molecule has 0 aromatic heterocycles. The summed E-state index contributed by atoms with van der Waals surface area (Å²) in [4.78, 5) is 27.2. The van der Waals surface area contributed by atoms with Gasteiger partial charge in [0.2, 0.25) is 5.91 Å². The molecule has 2 aromatic carbocycles. The second-order valence-corrected chi connectivity index (χ2v) is 9.08. The highest BCUT2D eigenvalue weighted by Crippen LogP contribution is 2.23. The Labute approximate surface area is 201 Å². The van der Waals surface area contributed by atoms with Crippen LogP contribution in [-0.4, -0.2) is 35.4 Å². The Morgan fingerprint density at radius 3 is 2.40 bits per heavy atom. The van der Waals surface area contributed by atoms with Gasteiger partial charge in [0.05, 0.1) is 0 Å². The minimum Gasteiger partial charge on any atom is -0.484 e. The maximum absolute atomic E-state index is 13.0. The number of halogens is 3. The van der Waals surface area contributed by atoms with Crippen LogP contribution in [0.2, 0.25) is 10.0 Å². The van der Waals surface area contributed by atoms with Gasteiger partial charge in [-0.3, -0.25) is 9.59 Å². The summed E-state index contributed by atoms with van der Waals surface area (Å²) in [6.07, 6.45) is 0.797. The van der Waals surface area contributed by atoms with Crippen molar-refractivity contribution in [3.63, 3.8) is 0 Å². The van der Waals surface area contributed by atoms with Crippen LogP contribution < -0.4 is 10.1 Å². The molecule has 0 aliphatic carbocycles. The van der Waals surface area contributed by atoms with Gasteiger partial charge < -0.3 is 15.0 Å². The highest BCUT2D eigenvalue weighted by atomic mass is 127. The Morgan fingerprint density at radius 2 is 1.80 bits per heavy atom. The predicted molar refractivity (Wildman–Crippen MR) is 129 cm³/mol. The zero-order valence-electron chi connectivity index (χ0n) is 17.1. The molecule has 0 saturated carbocycles. The first-order chi connectivity index (χ1) is 14.2. The van der Waals surface area contributed by atoms with E-state index in [0.717, 1.165) is 9.99 Å². The summed E-state index contributed by atoms with van der Waals surface area (Å²) in [7, 11) is 0. The highest BCUT2D eigenvalue weighted by molar-refractivity contribution is 14.1. The van der Waals surface area contributed by atoms with Crippen LogP contribution >= 0.6 is 45.8 Å². The summed E-state index contributed by atoms with van der Waals surface area (Å²) in [5, 5.41) is 3.87. The van der Waals surface area contributed by atoms with Gasteiger partial charge in [0.15, 0.2) is 6.61 Å². The Kier molecular flexibility index (Phi) is 9.71. The third-order valence-corrected chi connectivity index (χ3v) is 6.01. The molecule has 0 saturated heterocycles. The first-order valence-electron chi connectivity index (χ1n) is 9.63. The van der Waals surface area contributed by atoms with E-state index in [9.17, 15) is 9.59 Å². The van der Waals surface area contributed by atoms with Crippen molar-refractivity contribution in [2.24, 2.45) is 0 Å². The summed E-state index contributed by atoms with van der Waals surface area (Å²) in [5.41, 5.74) is 0.701. The van der Waals surface area contributed by atoms with Crippen molar-refractivity contribution in [2.45, 2.75) is 45.8 Å². The lowest BCUT2D eigenvalue weighted by atomic mass is 10.1. The molecule has 1 N–H and O–H groups in total. The number of hydrogen-bond acceptors (Lipinski definition) is 3. The first-order valence-corrected chi connectivity index (χ1v) is 11.5. The van der Waals surface area contributed by atoms with E-state index >= 15 is 0 Å². The lowest BCUT2D eigenvalue weighted by Gasteiger charge is -2.30. The average molecular weight is 563 g/mol. The van der Waals surface area contributed by atoms with E-state index in [1.165, 1.54) is 4.90 Å². The fourth-order valence-corrected chi connectivity index (χ4v) is 3.47. The van der Waals surface area contributed by atoms with E-state index in [4.69, 9.17) is 27.9 Å². The quantitative estimate of drug-likeness (QED) is 0.421. The normalized spacial score (nSPS) is 12.7. The molecule has 2 rings (SSSR count). The zero-order valence-corrected chi connectivity index (χ0v) is 20.8. The molecule has 30 heavy (non-hydrogen) atoms. The Hall–Kier alpha value is -1.51. The van der Waals surface area contributed by atoms with Gasteiger partial charge in [-0.1, -0.05) is 36.2 Å². The van der Waals surface area contributed by atoms with Crippen molar-refractivity contribution in [2.75, 3.05) is 6.61 Å². The molecule has 2 atom stereocenters. The van der Waals surface area contributed by atoms with Crippen LogP contribution in [-0.2, 0) is 16.1 Å². The van der Waals surface area contributed by atoms with Crippen molar-refractivity contribution in [1.29, 1.82) is 0 Å². The standard InChI is InChI=1S/C22H25Cl2IN2O3/c1-4-14(2)26-22(29)15(3)27(12-16-5-6-17(23)11-20(16)24)21(28)13-30-19-9-7-18(25)8-10-19/h5-11,14-15H,4,12-13H2,1-3H3,(H,26,29)/t14-,15+/m0/s1. The molecule has 0 unspecified atom stereocenters. The third-order valence-electron chi connectivity index (χ3n) is 4.70. The number of hydrogen-bond donors (Lipinski definition) is 1. The van der Waals surface area contributed by atoms with Gasteiger partial charge in [-0.2, -0.15) is 0 Å². The number of carbonyl (C=O) groups is 2. The smallest absolute Gasteiger partial charge is 0.261 e. The molecule has 0 aliphatic heterocycles. The van der Waals surface area contributed by atoms with Gasteiger partial charge in [-0.25, -0.2) is 0 Å². The highest BCUT2D eigenvalue weighted by Gasteiger charge is 2.27. The fourth-order valence-electron chi connectivity index (χ4n) is 2.64. The minimum absolute atomic E-state index is 0.0130. The molecule has 0 fully saturated rings. The fraction of sp³-hybridized carbons (Fsp3) is 0.364. The van der Waals surface area contributed by atoms with Crippen molar-refractivity contribution in [1.82, 2.24) is 10.2 Å². The van der Waals surface area contributed by atoms with Crippen LogP contribution in [0.5, 0.6) is 5.75 Å². The van der Waals surface area contributed by atoms with Gasteiger partial charge >= 0.3 is 0 Å². The summed E-state index contributed by atoms with van der Waals surface area (Å²) >= 11 is 14.5.